The number of anilines is 1. The zero-order valence-corrected chi connectivity index (χ0v) is 9.51. The van der Waals surface area contributed by atoms with Crippen molar-refractivity contribution in [3.8, 4) is 0 Å². The zero-order chi connectivity index (χ0) is 11.4. The maximum absolute atomic E-state index is 13.0. The van der Waals surface area contributed by atoms with Gasteiger partial charge in [-0.05, 0) is 68.5 Å². The Kier molecular flexibility index (Phi) is 3.78. The summed E-state index contributed by atoms with van der Waals surface area (Å²) in [6.45, 7) is 2.23. The number of piperidine rings is 1. The number of halogens is 1. The first-order valence-electron chi connectivity index (χ1n) is 6.00. The Bertz CT molecular complexity index is 346. The van der Waals surface area contributed by atoms with Crippen LogP contribution in [-0.4, -0.2) is 13.1 Å². The highest BCUT2D eigenvalue weighted by molar-refractivity contribution is 5.46. The van der Waals surface area contributed by atoms with Gasteiger partial charge in [0.25, 0.3) is 0 Å². The number of nitrogens with one attached hydrogen (secondary N) is 1. The molecule has 1 fully saturated rings. The van der Waals surface area contributed by atoms with Gasteiger partial charge in [-0.2, -0.15) is 0 Å². The Labute approximate surface area is 96.0 Å². The fraction of sp³-hybridized carbons (Fsp3) is 0.538. The molecule has 1 aliphatic rings. The van der Waals surface area contributed by atoms with Crippen LogP contribution in [0.5, 0.6) is 0 Å². The molecule has 1 aromatic rings. The van der Waals surface area contributed by atoms with Gasteiger partial charge < -0.3 is 11.1 Å². The molecule has 0 saturated carbocycles. The van der Waals surface area contributed by atoms with Crippen LogP contribution in [0.2, 0.25) is 0 Å². The van der Waals surface area contributed by atoms with Crippen LogP contribution in [0.15, 0.2) is 18.2 Å². The van der Waals surface area contributed by atoms with E-state index >= 15 is 0 Å². The minimum Gasteiger partial charge on any atom is -0.399 e. The average Bonchev–Trinajstić information content (AvgIpc) is 2.32. The lowest BCUT2D eigenvalue weighted by atomic mass is 9.91. The van der Waals surface area contributed by atoms with Crippen LogP contribution in [0.4, 0.5) is 10.1 Å². The van der Waals surface area contributed by atoms with Gasteiger partial charge in [-0.25, -0.2) is 4.39 Å². The lowest BCUT2D eigenvalue weighted by molar-refractivity contribution is 0.354. The molecule has 3 heteroatoms. The third-order valence-electron chi connectivity index (χ3n) is 3.39. The van der Waals surface area contributed by atoms with Gasteiger partial charge in [-0.1, -0.05) is 0 Å². The van der Waals surface area contributed by atoms with E-state index in [1.807, 2.05) is 0 Å². The Morgan fingerprint density at radius 3 is 2.81 bits per heavy atom. The van der Waals surface area contributed by atoms with Crippen molar-refractivity contribution in [2.75, 3.05) is 18.8 Å². The van der Waals surface area contributed by atoms with Crippen LogP contribution in [0.1, 0.15) is 24.8 Å². The van der Waals surface area contributed by atoms with Crippen molar-refractivity contribution in [1.82, 2.24) is 5.32 Å². The fourth-order valence-electron chi connectivity index (χ4n) is 2.32. The first-order valence-corrected chi connectivity index (χ1v) is 6.00. The standard InChI is InChI=1S/C13H19FN2/c14-12-3-4-13(15)11(9-12)2-1-10-5-7-16-8-6-10/h3-4,9-10,16H,1-2,5-8,15H2. The Morgan fingerprint density at radius 1 is 1.31 bits per heavy atom. The first kappa shape index (κ1) is 11.4. The number of benzene rings is 1. The quantitative estimate of drug-likeness (QED) is 0.770. The maximum Gasteiger partial charge on any atom is 0.123 e. The molecule has 16 heavy (non-hydrogen) atoms. The number of nitrogens with two attached hydrogens (primary N) is 1. The largest absolute Gasteiger partial charge is 0.399 e. The normalized spacial score (nSPS) is 17.6. The SMILES string of the molecule is Nc1ccc(F)cc1CCC1CCNCC1. The molecule has 2 nitrogen and oxygen atoms in total. The van der Waals surface area contributed by atoms with Gasteiger partial charge in [0.2, 0.25) is 0 Å². The van der Waals surface area contributed by atoms with Gasteiger partial charge in [0.05, 0.1) is 0 Å². The highest BCUT2D eigenvalue weighted by Gasteiger charge is 2.13. The molecule has 0 radical (unpaired) electrons. The average molecular weight is 222 g/mol. The van der Waals surface area contributed by atoms with E-state index in [0.29, 0.717) is 0 Å². The number of nitrogen functional groups attached to an aromatic ring is 1. The molecule has 2 rings (SSSR count). The molecule has 0 aliphatic carbocycles. The van der Waals surface area contributed by atoms with Crippen LogP contribution in [0.25, 0.3) is 0 Å². The van der Waals surface area contributed by atoms with E-state index in [-0.39, 0.29) is 5.82 Å². The molecule has 0 amide bonds. The third-order valence-corrected chi connectivity index (χ3v) is 3.39. The molecule has 0 unspecified atom stereocenters. The summed E-state index contributed by atoms with van der Waals surface area (Å²) in [4.78, 5) is 0. The molecule has 1 aliphatic heterocycles. The molecule has 0 bridgehead atoms. The van der Waals surface area contributed by atoms with E-state index < -0.39 is 0 Å². The van der Waals surface area contributed by atoms with Gasteiger partial charge in [-0.3, -0.25) is 0 Å². The minimum absolute atomic E-state index is 0.186. The predicted octanol–water partition coefficient (Wildman–Crippen LogP) is 2.34. The molecular weight excluding hydrogens is 203 g/mol. The summed E-state index contributed by atoms with van der Waals surface area (Å²) in [6, 6.07) is 4.65. The van der Waals surface area contributed by atoms with Crippen molar-refractivity contribution in [2.45, 2.75) is 25.7 Å². The van der Waals surface area contributed by atoms with Gasteiger partial charge in [-0.15, -0.1) is 0 Å². The number of aryl methyl sites for hydroxylation is 1. The smallest absolute Gasteiger partial charge is 0.123 e. The minimum atomic E-state index is -0.186. The van der Waals surface area contributed by atoms with E-state index in [0.717, 1.165) is 43.1 Å². The molecule has 1 heterocycles. The number of hydrogen-bond acceptors (Lipinski definition) is 2. The van der Waals surface area contributed by atoms with Gasteiger partial charge in [0.1, 0.15) is 5.82 Å². The van der Waals surface area contributed by atoms with Crippen molar-refractivity contribution in [3.05, 3.63) is 29.6 Å². The second-order valence-electron chi connectivity index (χ2n) is 4.58. The van der Waals surface area contributed by atoms with Crippen LogP contribution < -0.4 is 11.1 Å². The van der Waals surface area contributed by atoms with Crippen molar-refractivity contribution < 1.29 is 4.39 Å². The summed E-state index contributed by atoms with van der Waals surface area (Å²) in [5.74, 6) is 0.582. The van der Waals surface area contributed by atoms with Crippen molar-refractivity contribution in [1.29, 1.82) is 0 Å². The lowest BCUT2D eigenvalue weighted by Crippen LogP contribution is -2.27. The molecule has 0 atom stereocenters. The van der Waals surface area contributed by atoms with Crippen molar-refractivity contribution in [2.24, 2.45) is 5.92 Å². The van der Waals surface area contributed by atoms with Crippen LogP contribution in [0.3, 0.4) is 0 Å². The summed E-state index contributed by atoms with van der Waals surface area (Å²) >= 11 is 0. The van der Waals surface area contributed by atoms with Crippen LogP contribution in [-0.2, 0) is 6.42 Å². The van der Waals surface area contributed by atoms with Gasteiger partial charge in [0.15, 0.2) is 0 Å². The summed E-state index contributed by atoms with van der Waals surface area (Å²) < 4.78 is 13.0. The summed E-state index contributed by atoms with van der Waals surface area (Å²) in [5, 5.41) is 3.35. The number of rotatable bonds is 3. The molecule has 0 spiro atoms. The summed E-state index contributed by atoms with van der Waals surface area (Å²) in [7, 11) is 0. The van der Waals surface area contributed by atoms with Crippen LogP contribution in [0, 0.1) is 11.7 Å². The predicted molar refractivity (Wildman–Crippen MR) is 64.7 cm³/mol. The Hall–Kier alpha value is -1.09. The molecular formula is C13H19FN2. The monoisotopic (exact) mass is 222 g/mol. The highest BCUT2D eigenvalue weighted by atomic mass is 19.1. The Balaban J connectivity index is 1.90. The van der Waals surface area contributed by atoms with E-state index in [9.17, 15) is 4.39 Å². The molecule has 1 aromatic carbocycles. The summed E-state index contributed by atoms with van der Waals surface area (Å²) in [6.07, 6.45) is 4.48. The van der Waals surface area contributed by atoms with E-state index in [2.05, 4.69) is 5.32 Å². The molecule has 88 valence electrons. The van der Waals surface area contributed by atoms with E-state index in [4.69, 9.17) is 5.73 Å². The lowest BCUT2D eigenvalue weighted by Gasteiger charge is -2.22. The Morgan fingerprint density at radius 2 is 2.06 bits per heavy atom. The second-order valence-corrected chi connectivity index (χ2v) is 4.58. The number of hydrogen-bond donors (Lipinski definition) is 2. The maximum atomic E-state index is 13.0. The second kappa shape index (κ2) is 5.30. The zero-order valence-electron chi connectivity index (χ0n) is 9.51. The van der Waals surface area contributed by atoms with Gasteiger partial charge >= 0.3 is 0 Å². The van der Waals surface area contributed by atoms with Crippen LogP contribution >= 0.6 is 0 Å². The highest BCUT2D eigenvalue weighted by Crippen LogP contribution is 2.21. The summed E-state index contributed by atoms with van der Waals surface area (Å²) in [5.41, 5.74) is 7.50. The van der Waals surface area contributed by atoms with E-state index in [1.165, 1.54) is 18.9 Å². The van der Waals surface area contributed by atoms with Crippen molar-refractivity contribution in [3.63, 3.8) is 0 Å². The molecule has 0 aromatic heterocycles. The molecule has 3 N–H and O–H groups in total. The topological polar surface area (TPSA) is 38.0 Å². The van der Waals surface area contributed by atoms with Gasteiger partial charge in [0, 0.05) is 5.69 Å². The van der Waals surface area contributed by atoms with E-state index in [1.54, 1.807) is 12.1 Å². The first-order chi connectivity index (χ1) is 7.75. The molecule has 1 saturated heterocycles. The third kappa shape index (κ3) is 2.95. The fourth-order valence-corrected chi connectivity index (χ4v) is 2.32. The van der Waals surface area contributed by atoms with Crippen molar-refractivity contribution >= 4 is 5.69 Å².